The van der Waals surface area contributed by atoms with Crippen molar-refractivity contribution in [1.29, 1.82) is 0 Å². The van der Waals surface area contributed by atoms with Gasteiger partial charge in [-0.1, -0.05) is 52.2 Å². The summed E-state index contributed by atoms with van der Waals surface area (Å²) in [6.07, 6.45) is 4.76. The van der Waals surface area contributed by atoms with Crippen molar-refractivity contribution in [2.45, 2.75) is 52.9 Å². The van der Waals surface area contributed by atoms with Crippen molar-refractivity contribution in [2.75, 3.05) is 24.5 Å². The van der Waals surface area contributed by atoms with Crippen LogP contribution < -0.4 is 4.90 Å². The SMILES string of the molecule is CCCCCCC(=O)N1CCN(c2cccc(C(=O)C(C)C)c2)C(=O)C1. The number of rotatable bonds is 8. The molecule has 1 aromatic carbocycles. The lowest BCUT2D eigenvalue weighted by Crippen LogP contribution is -2.52. The van der Waals surface area contributed by atoms with E-state index < -0.39 is 0 Å². The van der Waals surface area contributed by atoms with Crippen LogP contribution in [0, 0.1) is 5.92 Å². The van der Waals surface area contributed by atoms with Gasteiger partial charge in [0.1, 0.15) is 6.54 Å². The monoisotopic (exact) mass is 358 g/mol. The Morgan fingerprint density at radius 3 is 2.54 bits per heavy atom. The molecule has 5 nitrogen and oxygen atoms in total. The van der Waals surface area contributed by atoms with Gasteiger partial charge in [-0.15, -0.1) is 0 Å². The minimum atomic E-state index is -0.0905. The molecule has 26 heavy (non-hydrogen) atoms. The van der Waals surface area contributed by atoms with Crippen LogP contribution in [0.4, 0.5) is 5.69 Å². The number of amides is 2. The van der Waals surface area contributed by atoms with Crippen LogP contribution in [0.5, 0.6) is 0 Å². The topological polar surface area (TPSA) is 57.7 Å². The summed E-state index contributed by atoms with van der Waals surface area (Å²) in [5.74, 6) is -0.0338. The van der Waals surface area contributed by atoms with Crippen LogP contribution in [0.1, 0.15) is 63.2 Å². The number of unbranched alkanes of at least 4 members (excludes halogenated alkanes) is 3. The molecule has 0 N–H and O–H groups in total. The van der Waals surface area contributed by atoms with E-state index in [0.29, 0.717) is 25.1 Å². The summed E-state index contributed by atoms with van der Waals surface area (Å²) in [5.41, 5.74) is 1.36. The Hall–Kier alpha value is -2.17. The minimum absolute atomic E-state index is 0.0674. The van der Waals surface area contributed by atoms with Gasteiger partial charge in [0.05, 0.1) is 0 Å². The highest BCUT2D eigenvalue weighted by Crippen LogP contribution is 2.21. The van der Waals surface area contributed by atoms with Gasteiger partial charge in [0.15, 0.2) is 5.78 Å². The summed E-state index contributed by atoms with van der Waals surface area (Å²) >= 11 is 0. The van der Waals surface area contributed by atoms with Crippen molar-refractivity contribution in [3.63, 3.8) is 0 Å². The summed E-state index contributed by atoms with van der Waals surface area (Å²) in [6.45, 7) is 7.01. The molecular weight excluding hydrogens is 328 g/mol. The largest absolute Gasteiger partial charge is 0.332 e. The average Bonchev–Trinajstić information content (AvgIpc) is 2.64. The molecule has 1 saturated heterocycles. The Morgan fingerprint density at radius 2 is 1.88 bits per heavy atom. The minimum Gasteiger partial charge on any atom is -0.332 e. The number of nitrogens with zero attached hydrogens (tertiary/aromatic N) is 2. The standard InChI is InChI=1S/C21H30N2O3/c1-4-5-6-7-11-19(24)22-12-13-23(20(25)15-22)18-10-8-9-17(14-18)21(26)16(2)3/h8-10,14,16H,4-7,11-13,15H2,1-3H3. The Balaban J connectivity index is 1.96. The normalized spacial score (nSPS) is 14.8. The van der Waals surface area contributed by atoms with E-state index in [2.05, 4.69) is 6.92 Å². The molecule has 0 aromatic heterocycles. The lowest BCUT2D eigenvalue weighted by atomic mass is 10.0. The Labute approximate surface area is 156 Å². The van der Waals surface area contributed by atoms with E-state index in [1.807, 2.05) is 26.0 Å². The van der Waals surface area contributed by atoms with Crippen LogP contribution in [0.3, 0.4) is 0 Å². The second kappa shape index (κ2) is 9.51. The van der Waals surface area contributed by atoms with Gasteiger partial charge >= 0.3 is 0 Å². The molecule has 1 aliphatic heterocycles. The number of ketones is 1. The van der Waals surface area contributed by atoms with E-state index in [-0.39, 0.29) is 30.1 Å². The number of hydrogen-bond donors (Lipinski definition) is 0. The fourth-order valence-electron chi connectivity index (χ4n) is 3.18. The molecule has 0 bridgehead atoms. The van der Waals surface area contributed by atoms with Gasteiger partial charge in [-0.2, -0.15) is 0 Å². The van der Waals surface area contributed by atoms with E-state index in [1.165, 1.54) is 0 Å². The predicted octanol–water partition coefficient (Wildman–Crippen LogP) is 3.67. The molecular formula is C21H30N2O3. The number of hydrogen-bond acceptors (Lipinski definition) is 3. The fraction of sp³-hybridized carbons (Fsp3) is 0.571. The molecule has 2 rings (SSSR count). The maximum atomic E-state index is 12.5. The molecule has 1 aromatic rings. The molecule has 0 spiro atoms. The summed E-state index contributed by atoms with van der Waals surface area (Å²) in [7, 11) is 0. The third-order valence-corrected chi connectivity index (χ3v) is 4.78. The zero-order valence-electron chi connectivity index (χ0n) is 16.2. The van der Waals surface area contributed by atoms with Crippen LogP contribution in [0.15, 0.2) is 24.3 Å². The molecule has 1 fully saturated rings. The lowest BCUT2D eigenvalue weighted by molar-refractivity contribution is -0.136. The maximum Gasteiger partial charge on any atom is 0.246 e. The van der Waals surface area contributed by atoms with Gasteiger partial charge in [-0.05, 0) is 18.6 Å². The number of carbonyl (C=O) groups is 3. The molecule has 0 unspecified atom stereocenters. The van der Waals surface area contributed by atoms with Gasteiger partial charge < -0.3 is 9.80 Å². The number of benzene rings is 1. The summed E-state index contributed by atoms with van der Waals surface area (Å²) in [5, 5.41) is 0. The van der Waals surface area contributed by atoms with E-state index in [0.717, 1.165) is 31.4 Å². The van der Waals surface area contributed by atoms with Crippen molar-refractivity contribution >= 4 is 23.3 Å². The molecule has 0 saturated carbocycles. The molecule has 0 aliphatic carbocycles. The highest BCUT2D eigenvalue weighted by Gasteiger charge is 2.28. The first-order valence-electron chi connectivity index (χ1n) is 9.66. The van der Waals surface area contributed by atoms with Crippen molar-refractivity contribution in [3.8, 4) is 0 Å². The second-order valence-corrected chi connectivity index (χ2v) is 7.24. The van der Waals surface area contributed by atoms with Crippen molar-refractivity contribution < 1.29 is 14.4 Å². The van der Waals surface area contributed by atoms with E-state index in [4.69, 9.17) is 0 Å². The second-order valence-electron chi connectivity index (χ2n) is 7.24. The zero-order valence-corrected chi connectivity index (χ0v) is 16.2. The number of Topliss-reactive ketones (excluding diaryl/α,β-unsaturated/α-hetero) is 1. The van der Waals surface area contributed by atoms with Crippen LogP contribution in [-0.2, 0) is 9.59 Å². The Morgan fingerprint density at radius 1 is 1.12 bits per heavy atom. The van der Waals surface area contributed by atoms with Gasteiger partial charge in [0.25, 0.3) is 0 Å². The Kier molecular flexibility index (Phi) is 7.37. The highest BCUT2D eigenvalue weighted by molar-refractivity contribution is 6.01. The number of carbonyl (C=O) groups excluding carboxylic acids is 3. The molecule has 2 amide bonds. The van der Waals surface area contributed by atoms with Crippen molar-refractivity contribution in [3.05, 3.63) is 29.8 Å². The van der Waals surface area contributed by atoms with Crippen molar-refractivity contribution in [2.24, 2.45) is 5.92 Å². The zero-order chi connectivity index (χ0) is 19.1. The first kappa shape index (κ1) is 20.1. The smallest absolute Gasteiger partial charge is 0.246 e. The van der Waals surface area contributed by atoms with E-state index >= 15 is 0 Å². The molecule has 5 heteroatoms. The van der Waals surface area contributed by atoms with Crippen LogP contribution in [-0.4, -0.2) is 42.1 Å². The van der Waals surface area contributed by atoms with Crippen LogP contribution in [0.25, 0.3) is 0 Å². The van der Waals surface area contributed by atoms with Gasteiger partial charge in [0, 0.05) is 36.7 Å². The van der Waals surface area contributed by atoms with Gasteiger partial charge in [0.2, 0.25) is 11.8 Å². The third kappa shape index (κ3) is 5.16. The number of piperazine rings is 1. The predicted molar refractivity (Wildman–Crippen MR) is 103 cm³/mol. The quantitative estimate of drug-likeness (QED) is 0.526. The Bertz CT molecular complexity index is 654. The first-order valence-corrected chi connectivity index (χ1v) is 9.66. The summed E-state index contributed by atoms with van der Waals surface area (Å²) < 4.78 is 0. The van der Waals surface area contributed by atoms with E-state index in [1.54, 1.807) is 21.9 Å². The number of anilines is 1. The van der Waals surface area contributed by atoms with Crippen LogP contribution in [0.2, 0.25) is 0 Å². The molecule has 1 aliphatic rings. The maximum absolute atomic E-state index is 12.5. The van der Waals surface area contributed by atoms with Crippen LogP contribution >= 0.6 is 0 Å². The van der Waals surface area contributed by atoms with E-state index in [9.17, 15) is 14.4 Å². The first-order chi connectivity index (χ1) is 12.4. The average molecular weight is 358 g/mol. The summed E-state index contributed by atoms with van der Waals surface area (Å²) in [4.78, 5) is 40.4. The lowest BCUT2D eigenvalue weighted by Gasteiger charge is -2.34. The summed E-state index contributed by atoms with van der Waals surface area (Å²) in [6, 6.07) is 7.22. The molecule has 142 valence electrons. The third-order valence-electron chi connectivity index (χ3n) is 4.78. The van der Waals surface area contributed by atoms with Gasteiger partial charge in [-0.25, -0.2) is 0 Å². The molecule has 0 atom stereocenters. The van der Waals surface area contributed by atoms with Crippen molar-refractivity contribution in [1.82, 2.24) is 4.90 Å². The highest BCUT2D eigenvalue weighted by atomic mass is 16.2. The molecule has 0 radical (unpaired) electrons. The molecule has 1 heterocycles. The van der Waals surface area contributed by atoms with Gasteiger partial charge in [-0.3, -0.25) is 14.4 Å². The fourth-order valence-corrected chi connectivity index (χ4v) is 3.18.